The van der Waals surface area contributed by atoms with Crippen LogP contribution in [0.1, 0.15) is 62.9 Å². The van der Waals surface area contributed by atoms with Crippen molar-refractivity contribution in [3.8, 4) is 5.75 Å². The molecular weight excluding hydrogens is 545 g/mol. The van der Waals surface area contributed by atoms with Crippen LogP contribution in [0, 0.1) is 0 Å². The highest BCUT2D eigenvalue weighted by Gasteiger charge is 2.44. The molecule has 0 bridgehead atoms. The van der Waals surface area contributed by atoms with Crippen molar-refractivity contribution in [2.75, 3.05) is 18.9 Å². The van der Waals surface area contributed by atoms with Crippen molar-refractivity contribution in [1.29, 1.82) is 0 Å². The van der Waals surface area contributed by atoms with Crippen LogP contribution in [0.2, 0.25) is 0 Å². The summed E-state index contributed by atoms with van der Waals surface area (Å²) in [6.45, 7) is 6.81. The number of aromatic nitrogens is 1. The zero-order valence-corrected chi connectivity index (χ0v) is 24.3. The lowest BCUT2D eigenvalue weighted by molar-refractivity contribution is -0.274. The van der Waals surface area contributed by atoms with Crippen molar-refractivity contribution in [3.63, 3.8) is 0 Å². The van der Waals surface area contributed by atoms with Crippen LogP contribution in [0.4, 0.5) is 19.0 Å². The summed E-state index contributed by atoms with van der Waals surface area (Å²) in [5.74, 6) is 0.00202. The minimum atomic E-state index is -4.75. The van der Waals surface area contributed by atoms with Gasteiger partial charge in [-0.05, 0) is 72.7 Å². The Hall–Kier alpha value is -3.92. The molecule has 2 unspecified atom stereocenters. The third-order valence-electron chi connectivity index (χ3n) is 7.43. The van der Waals surface area contributed by atoms with Crippen molar-refractivity contribution in [2.45, 2.75) is 70.4 Å². The van der Waals surface area contributed by atoms with Crippen LogP contribution in [0.5, 0.6) is 5.75 Å². The Morgan fingerprint density at radius 3 is 2.29 bits per heavy atom. The summed E-state index contributed by atoms with van der Waals surface area (Å²) in [7, 11) is 1.92. The molecule has 10 heteroatoms. The number of carbonyl (C=O) groups is 2. The molecule has 2 aromatic carbocycles. The molecule has 0 spiro atoms. The van der Waals surface area contributed by atoms with Crippen molar-refractivity contribution in [3.05, 3.63) is 89.6 Å². The topological polar surface area (TPSA) is 74.8 Å². The van der Waals surface area contributed by atoms with Crippen molar-refractivity contribution in [1.82, 2.24) is 14.8 Å². The quantitative estimate of drug-likeness (QED) is 0.297. The van der Waals surface area contributed by atoms with Gasteiger partial charge in [0.05, 0.1) is 6.04 Å². The number of carbonyl (C=O) groups excluding carboxylic acids is 2. The minimum Gasteiger partial charge on any atom is -0.406 e. The SMILES string of the molecule is CN1C(CCCC(=O)Nc2ccccn2)C(=O)N(CCc2ccc(OC(F)(F)F)cc2)C1c1ccc(C(C)(C)C)cc1. The zero-order valence-electron chi connectivity index (χ0n) is 24.3. The molecule has 4 rings (SSSR count). The predicted octanol–water partition coefficient (Wildman–Crippen LogP) is 6.47. The number of nitrogens with zero attached hydrogens (tertiary/aromatic N) is 3. The molecule has 0 aliphatic carbocycles. The first kappa shape index (κ1) is 31.0. The fraction of sp³-hybridized carbons (Fsp3) is 0.406. The molecule has 1 N–H and O–H groups in total. The summed E-state index contributed by atoms with van der Waals surface area (Å²) in [5.41, 5.74) is 2.93. The predicted molar refractivity (Wildman–Crippen MR) is 155 cm³/mol. The molecule has 2 atom stereocenters. The van der Waals surface area contributed by atoms with Gasteiger partial charge in [-0.15, -0.1) is 13.2 Å². The van der Waals surface area contributed by atoms with Gasteiger partial charge in [0.15, 0.2) is 0 Å². The Kier molecular flexibility index (Phi) is 9.56. The number of anilines is 1. The van der Waals surface area contributed by atoms with Crippen LogP contribution in [0.15, 0.2) is 72.9 Å². The number of amides is 2. The van der Waals surface area contributed by atoms with E-state index in [1.54, 1.807) is 36.5 Å². The molecule has 0 radical (unpaired) electrons. The molecule has 1 fully saturated rings. The molecule has 1 aromatic heterocycles. The van der Waals surface area contributed by atoms with Gasteiger partial charge < -0.3 is 15.0 Å². The standard InChI is InChI=1S/C32H37F3N4O3/c1-31(2,3)24-15-13-23(14-16-24)29-38(4)26(8-7-10-28(40)37-27-9-5-6-20-36-27)30(41)39(29)21-19-22-11-17-25(18-12-22)42-32(33,34)35/h5-6,9,11-18,20,26,29H,7-8,10,19,21H2,1-4H3,(H,36,37,40). The maximum atomic E-state index is 13.8. The van der Waals surface area contributed by atoms with E-state index < -0.39 is 12.4 Å². The number of benzene rings is 2. The van der Waals surface area contributed by atoms with E-state index in [0.717, 1.165) is 11.1 Å². The van der Waals surface area contributed by atoms with E-state index in [4.69, 9.17) is 0 Å². The maximum absolute atomic E-state index is 13.8. The number of pyridine rings is 1. The van der Waals surface area contributed by atoms with Gasteiger partial charge in [-0.2, -0.15) is 0 Å². The number of hydrogen-bond donors (Lipinski definition) is 1. The summed E-state index contributed by atoms with van der Waals surface area (Å²) in [6.07, 6.45) is -1.72. The van der Waals surface area contributed by atoms with E-state index in [0.29, 0.717) is 31.6 Å². The highest BCUT2D eigenvalue weighted by atomic mass is 19.4. The number of nitrogens with one attached hydrogen (secondary N) is 1. The zero-order chi connectivity index (χ0) is 30.5. The lowest BCUT2D eigenvalue weighted by Gasteiger charge is -2.30. The first-order chi connectivity index (χ1) is 19.8. The van der Waals surface area contributed by atoms with Gasteiger partial charge in [0.25, 0.3) is 0 Å². The second kappa shape index (κ2) is 12.9. The lowest BCUT2D eigenvalue weighted by Crippen LogP contribution is -2.33. The average molecular weight is 583 g/mol. The smallest absolute Gasteiger partial charge is 0.406 e. The van der Waals surface area contributed by atoms with Crippen LogP contribution in [0.25, 0.3) is 0 Å². The average Bonchev–Trinajstić information content (AvgIpc) is 3.16. The number of ether oxygens (including phenoxy) is 1. The Labute approximate surface area is 244 Å². The molecule has 1 aliphatic rings. The van der Waals surface area contributed by atoms with Crippen molar-refractivity contribution in [2.24, 2.45) is 0 Å². The van der Waals surface area contributed by atoms with Crippen LogP contribution < -0.4 is 10.1 Å². The highest BCUT2D eigenvalue weighted by molar-refractivity contribution is 5.89. The van der Waals surface area contributed by atoms with Gasteiger partial charge in [0.1, 0.15) is 17.7 Å². The molecule has 224 valence electrons. The van der Waals surface area contributed by atoms with E-state index in [1.165, 1.54) is 17.7 Å². The number of hydrogen-bond acceptors (Lipinski definition) is 5. The van der Waals surface area contributed by atoms with Crippen molar-refractivity contribution < 1.29 is 27.5 Å². The maximum Gasteiger partial charge on any atom is 0.573 e. The largest absolute Gasteiger partial charge is 0.573 e. The Bertz CT molecular complexity index is 1340. The monoisotopic (exact) mass is 582 g/mol. The van der Waals surface area contributed by atoms with Crippen LogP contribution in [-0.4, -0.2) is 52.6 Å². The fourth-order valence-corrected chi connectivity index (χ4v) is 5.21. The van der Waals surface area contributed by atoms with Crippen molar-refractivity contribution >= 4 is 17.6 Å². The molecule has 42 heavy (non-hydrogen) atoms. The summed E-state index contributed by atoms with van der Waals surface area (Å²) in [4.78, 5) is 34.2. The fourth-order valence-electron chi connectivity index (χ4n) is 5.21. The number of halogens is 3. The van der Waals surface area contributed by atoms with Gasteiger partial charge in [0.2, 0.25) is 11.8 Å². The first-order valence-electron chi connectivity index (χ1n) is 14.0. The minimum absolute atomic E-state index is 0.0179. The van der Waals surface area contributed by atoms with E-state index >= 15 is 0 Å². The Balaban J connectivity index is 1.46. The Morgan fingerprint density at radius 1 is 1.00 bits per heavy atom. The summed E-state index contributed by atoms with van der Waals surface area (Å²) in [6, 6.07) is 18.9. The molecule has 0 saturated carbocycles. The van der Waals surface area contributed by atoms with Crippen LogP contribution in [-0.2, 0) is 21.4 Å². The van der Waals surface area contributed by atoms with E-state index in [-0.39, 0.29) is 35.6 Å². The van der Waals surface area contributed by atoms with E-state index in [1.807, 2.05) is 29.0 Å². The van der Waals surface area contributed by atoms with E-state index in [2.05, 4.69) is 47.9 Å². The third kappa shape index (κ3) is 8.09. The van der Waals surface area contributed by atoms with Gasteiger partial charge in [-0.1, -0.05) is 63.2 Å². The molecule has 7 nitrogen and oxygen atoms in total. The normalized spacial score (nSPS) is 17.9. The number of likely N-dealkylation sites (N-methyl/N-ethyl adjacent to an activating group) is 1. The van der Waals surface area contributed by atoms with Gasteiger partial charge >= 0.3 is 6.36 Å². The molecule has 3 aromatic rings. The third-order valence-corrected chi connectivity index (χ3v) is 7.43. The molecule has 2 heterocycles. The van der Waals surface area contributed by atoms with Crippen LogP contribution in [0.3, 0.4) is 0 Å². The molecular formula is C32H37F3N4O3. The summed E-state index contributed by atoms with van der Waals surface area (Å²) in [5, 5.41) is 2.78. The summed E-state index contributed by atoms with van der Waals surface area (Å²) < 4.78 is 41.6. The van der Waals surface area contributed by atoms with E-state index in [9.17, 15) is 22.8 Å². The first-order valence-corrected chi connectivity index (χ1v) is 14.0. The highest BCUT2D eigenvalue weighted by Crippen LogP contribution is 2.36. The Morgan fingerprint density at radius 2 is 1.69 bits per heavy atom. The second-order valence-electron chi connectivity index (χ2n) is 11.6. The number of rotatable bonds is 10. The molecule has 2 amide bonds. The molecule has 1 saturated heterocycles. The second-order valence-corrected chi connectivity index (χ2v) is 11.6. The number of alkyl halides is 3. The van der Waals surface area contributed by atoms with Crippen LogP contribution >= 0.6 is 0 Å². The van der Waals surface area contributed by atoms with Gasteiger partial charge in [0, 0.05) is 19.2 Å². The molecule has 1 aliphatic heterocycles. The van der Waals surface area contributed by atoms with Gasteiger partial charge in [-0.3, -0.25) is 14.5 Å². The lowest BCUT2D eigenvalue weighted by atomic mass is 9.86. The summed E-state index contributed by atoms with van der Waals surface area (Å²) >= 11 is 0. The van der Waals surface area contributed by atoms with Gasteiger partial charge in [-0.25, -0.2) is 4.98 Å².